The number of hydrogen-bond donors (Lipinski definition) is 1. The van der Waals surface area contributed by atoms with Gasteiger partial charge in [-0.1, -0.05) is 42.8 Å². The van der Waals surface area contributed by atoms with E-state index in [0.29, 0.717) is 5.92 Å². The molecule has 2 aliphatic rings. The van der Waals surface area contributed by atoms with Gasteiger partial charge >= 0.3 is 0 Å². The SMILES string of the molecule is O=C(NC(c1ccccc1)c1ccccn1)C1CC2CCC1C2. The van der Waals surface area contributed by atoms with Gasteiger partial charge in [-0.3, -0.25) is 9.78 Å². The van der Waals surface area contributed by atoms with E-state index in [1.165, 1.54) is 19.3 Å². The number of fused-ring (bicyclic) bond motifs is 2. The fraction of sp³-hybridized carbons (Fsp3) is 0.400. The maximum Gasteiger partial charge on any atom is 0.224 e. The van der Waals surface area contributed by atoms with E-state index < -0.39 is 0 Å². The molecule has 1 aromatic carbocycles. The van der Waals surface area contributed by atoms with Crippen LogP contribution in [0.5, 0.6) is 0 Å². The van der Waals surface area contributed by atoms with E-state index in [1.54, 1.807) is 6.20 Å². The normalized spacial score (nSPS) is 26.9. The first kappa shape index (κ1) is 14.4. The third-order valence-electron chi connectivity index (χ3n) is 5.48. The summed E-state index contributed by atoms with van der Waals surface area (Å²) in [4.78, 5) is 17.3. The number of aromatic nitrogens is 1. The van der Waals surface area contributed by atoms with Gasteiger partial charge in [-0.25, -0.2) is 0 Å². The van der Waals surface area contributed by atoms with E-state index in [1.807, 2.05) is 36.4 Å². The second kappa shape index (κ2) is 6.15. The van der Waals surface area contributed by atoms with Gasteiger partial charge in [0.25, 0.3) is 0 Å². The number of carbonyl (C=O) groups is 1. The Balaban J connectivity index is 1.57. The third-order valence-corrected chi connectivity index (χ3v) is 5.48. The molecular formula is C20H22N2O. The number of amides is 1. The van der Waals surface area contributed by atoms with Crippen LogP contribution in [0.15, 0.2) is 54.7 Å². The molecular weight excluding hydrogens is 284 g/mol. The molecule has 3 nitrogen and oxygen atoms in total. The quantitative estimate of drug-likeness (QED) is 0.935. The Hall–Kier alpha value is -2.16. The van der Waals surface area contributed by atoms with Crippen molar-refractivity contribution in [2.24, 2.45) is 17.8 Å². The lowest BCUT2D eigenvalue weighted by atomic mass is 9.87. The van der Waals surface area contributed by atoms with Crippen molar-refractivity contribution in [1.82, 2.24) is 10.3 Å². The zero-order valence-corrected chi connectivity index (χ0v) is 13.2. The summed E-state index contributed by atoms with van der Waals surface area (Å²) in [5.41, 5.74) is 1.98. The van der Waals surface area contributed by atoms with Crippen LogP contribution in [0.2, 0.25) is 0 Å². The monoisotopic (exact) mass is 306 g/mol. The first-order valence-corrected chi connectivity index (χ1v) is 8.57. The summed E-state index contributed by atoms with van der Waals surface area (Å²) in [6.45, 7) is 0. The Kier molecular flexibility index (Phi) is 3.86. The van der Waals surface area contributed by atoms with Crippen molar-refractivity contribution in [3.63, 3.8) is 0 Å². The average Bonchev–Trinajstić information content (AvgIpc) is 3.24. The van der Waals surface area contributed by atoms with Crippen LogP contribution in [0.25, 0.3) is 0 Å². The summed E-state index contributed by atoms with van der Waals surface area (Å²) in [7, 11) is 0. The van der Waals surface area contributed by atoms with Gasteiger partial charge in [0.1, 0.15) is 0 Å². The van der Waals surface area contributed by atoms with E-state index in [9.17, 15) is 4.79 Å². The van der Waals surface area contributed by atoms with Crippen LogP contribution in [0, 0.1) is 17.8 Å². The van der Waals surface area contributed by atoms with Crippen molar-refractivity contribution >= 4 is 5.91 Å². The van der Waals surface area contributed by atoms with Crippen LogP contribution >= 0.6 is 0 Å². The standard InChI is InChI=1S/C20H22N2O/c23-20(17-13-14-9-10-16(17)12-14)22-19(15-6-2-1-3-7-15)18-8-4-5-11-21-18/h1-8,11,14,16-17,19H,9-10,12-13H2,(H,22,23). The van der Waals surface area contributed by atoms with Crippen LogP contribution in [0.3, 0.4) is 0 Å². The Labute approximate surface area is 137 Å². The Morgan fingerprint density at radius 1 is 1.04 bits per heavy atom. The molecule has 118 valence electrons. The summed E-state index contributed by atoms with van der Waals surface area (Å²) in [5, 5.41) is 3.27. The van der Waals surface area contributed by atoms with Gasteiger partial charge in [0, 0.05) is 12.1 Å². The highest BCUT2D eigenvalue weighted by Crippen LogP contribution is 2.48. The number of nitrogens with zero attached hydrogens (tertiary/aromatic N) is 1. The molecule has 3 heteroatoms. The summed E-state index contributed by atoms with van der Waals surface area (Å²) >= 11 is 0. The molecule has 4 unspecified atom stereocenters. The Morgan fingerprint density at radius 2 is 1.87 bits per heavy atom. The van der Waals surface area contributed by atoms with Gasteiger partial charge in [-0.05, 0) is 48.8 Å². The highest BCUT2D eigenvalue weighted by molar-refractivity contribution is 5.80. The number of hydrogen-bond acceptors (Lipinski definition) is 2. The van der Waals surface area contributed by atoms with Gasteiger partial charge < -0.3 is 5.32 Å². The second-order valence-corrected chi connectivity index (χ2v) is 6.89. The highest BCUT2D eigenvalue weighted by atomic mass is 16.2. The number of carbonyl (C=O) groups excluding carboxylic acids is 1. The molecule has 0 radical (unpaired) electrons. The predicted octanol–water partition coefficient (Wildman–Crippen LogP) is 3.72. The van der Waals surface area contributed by atoms with Crippen LogP contribution in [-0.2, 0) is 4.79 Å². The van der Waals surface area contributed by atoms with Gasteiger partial charge in [-0.2, -0.15) is 0 Å². The molecule has 2 aliphatic carbocycles. The number of pyridine rings is 1. The lowest BCUT2D eigenvalue weighted by Crippen LogP contribution is -2.37. The molecule has 2 aromatic rings. The summed E-state index contributed by atoms with van der Waals surface area (Å²) < 4.78 is 0. The maximum atomic E-state index is 12.9. The van der Waals surface area contributed by atoms with Gasteiger partial charge in [0.15, 0.2) is 0 Å². The third kappa shape index (κ3) is 2.88. The van der Waals surface area contributed by atoms with Crippen molar-refractivity contribution in [2.75, 3.05) is 0 Å². The van der Waals surface area contributed by atoms with Gasteiger partial charge in [0.2, 0.25) is 5.91 Å². The number of nitrogens with one attached hydrogen (secondary N) is 1. The lowest BCUT2D eigenvalue weighted by Gasteiger charge is -2.25. The first-order valence-electron chi connectivity index (χ1n) is 8.57. The van der Waals surface area contributed by atoms with Crippen LogP contribution in [0.4, 0.5) is 0 Å². The van der Waals surface area contributed by atoms with Crippen molar-refractivity contribution in [3.8, 4) is 0 Å². The molecule has 2 saturated carbocycles. The zero-order valence-electron chi connectivity index (χ0n) is 13.2. The smallest absolute Gasteiger partial charge is 0.224 e. The molecule has 1 N–H and O–H groups in total. The molecule has 0 saturated heterocycles. The summed E-state index contributed by atoms with van der Waals surface area (Å²) in [5.74, 6) is 1.78. The molecule has 0 aliphatic heterocycles. The van der Waals surface area contributed by atoms with E-state index >= 15 is 0 Å². The van der Waals surface area contributed by atoms with Crippen LogP contribution in [-0.4, -0.2) is 10.9 Å². The first-order chi connectivity index (χ1) is 11.3. The molecule has 23 heavy (non-hydrogen) atoms. The largest absolute Gasteiger partial charge is 0.343 e. The topological polar surface area (TPSA) is 42.0 Å². The average molecular weight is 306 g/mol. The fourth-order valence-corrected chi connectivity index (χ4v) is 4.34. The minimum Gasteiger partial charge on any atom is -0.343 e. The molecule has 4 rings (SSSR count). The van der Waals surface area contributed by atoms with Crippen molar-refractivity contribution in [1.29, 1.82) is 0 Å². The highest BCUT2D eigenvalue weighted by Gasteiger charge is 2.43. The fourth-order valence-electron chi connectivity index (χ4n) is 4.34. The van der Waals surface area contributed by atoms with Crippen molar-refractivity contribution in [2.45, 2.75) is 31.7 Å². The molecule has 1 heterocycles. The lowest BCUT2D eigenvalue weighted by molar-refractivity contribution is -0.127. The van der Waals surface area contributed by atoms with Crippen LogP contribution < -0.4 is 5.32 Å². The van der Waals surface area contributed by atoms with E-state index in [-0.39, 0.29) is 17.9 Å². The predicted molar refractivity (Wildman–Crippen MR) is 89.6 cm³/mol. The maximum absolute atomic E-state index is 12.9. The molecule has 0 spiro atoms. The Bertz CT molecular complexity index is 631. The zero-order chi connectivity index (χ0) is 15.6. The number of rotatable bonds is 4. The Morgan fingerprint density at radius 3 is 2.52 bits per heavy atom. The summed E-state index contributed by atoms with van der Waals surface area (Å²) in [6.07, 6.45) is 6.64. The molecule has 4 atom stereocenters. The van der Waals surface area contributed by atoms with Crippen molar-refractivity contribution in [3.05, 3.63) is 66.0 Å². The van der Waals surface area contributed by atoms with Crippen molar-refractivity contribution < 1.29 is 4.79 Å². The number of benzene rings is 1. The van der Waals surface area contributed by atoms with Gasteiger partial charge in [0.05, 0.1) is 11.7 Å². The molecule has 1 amide bonds. The molecule has 2 bridgehead atoms. The molecule has 1 aromatic heterocycles. The second-order valence-electron chi connectivity index (χ2n) is 6.89. The minimum absolute atomic E-state index is 0.163. The van der Waals surface area contributed by atoms with E-state index in [4.69, 9.17) is 0 Å². The van der Waals surface area contributed by atoms with E-state index in [0.717, 1.165) is 23.6 Å². The molecule has 2 fully saturated rings. The van der Waals surface area contributed by atoms with Crippen LogP contribution in [0.1, 0.15) is 43.0 Å². The van der Waals surface area contributed by atoms with E-state index in [2.05, 4.69) is 22.4 Å². The minimum atomic E-state index is -0.163. The van der Waals surface area contributed by atoms with Gasteiger partial charge in [-0.15, -0.1) is 0 Å². The summed E-state index contributed by atoms with van der Waals surface area (Å²) in [6, 6.07) is 15.8.